The number of hydrogen-bond acceptors (Lipinski definition) is 6. The number of amides is 1. The summed E-state index contributed by atoms with van der Waals surface area (Å²) in [6, 6.07) is 11.9. The van der Waals surface area contributed by atoms with Gasteiger partial charge in [-0.2, -0.15) is 0 Å². The van der Waals surface area contributed by atoms with Gasteiger partial charge in [0.05, 0.1) is 24.6 Å². The molecule has 38 heavy (non-hydrogen) atoms. The van der Waals surface area contributed by atoms with Crippen LogP contribution in [-0.4, -0.2) is 53.7 Å². The van der Waals surface area contributed by atoms with Crippen molar-refractivity contribution in [2.75, 3.05) is 37.7 Å². The monoisotopic (exact) mass is 515 g/mol. The van der Waals surface area contributed by atoms with Gasteiger partial charge in [0, 0.05) is 54.6 Å². The van der Waals surface area contributed by atoms with E-state index in [2.05, 4.69) is 55.9 Å². The van der Waals surface area contributed by atoms with E-state index in [-0.39, 0.29) is 17.2 Å². The molecule has 202 valence electrons. The number of morpholine rings is 1. The quantitative estimate of drug-likeness (QED) is 0.408. The van der Waals surface area contributed by atoms with Gasteiger partial charge in [0.25, 0.3) is 5.91 Å². The molecule has 3 heterocycles. The van der Waals surface area contributed by atoms with Crippen LogP contribution in [0.25, 0.3) is 11.3 Å². The van der Waals surface area contributed by atoms with Crippen molar-refractivity contribution in [1.82, 2.24) is 20.3 Å². The van der Waals surface area contributed by atoms with Gasteiger partial charge in [-0.3, -0.25) is 9.78 Å². The van der Waals surface area contributed by atoms with Crippen LogP contribution in [0, 0.1) is 5.41 Å². The standard InChI is InChI=1S/C31H41N5O2/c1-6-26-27(22(2)19-23-9-8-13-32-21-23)34-30(36-15-17-38-18-16-36)35-28(26)24-10-7-11-25(20-24)29(37)33-14-12-31(3,4)5/h7-11,13,20-22H,6,12,14-19H2,1-5H3,(H,33,37). The predicted octanol–water partition coefficient (Wildman–Crippen LogP) is 5.45. The van der Waals surface area contributed by atoms with Gasteiger partial charge >= 0.3 is 0 Å². The first-order valence-corrected chi connectivity index (χ1v) is 13.8. The summed E-state index contributed by atoms with van der Waals surface area (Å²) in [4.78, 5) is 29.7. The average molecular weight is 516 g/mol. The van der Waals surface area contributed by atoms with Crippen molar-refractivity contribution in [3.05, 3.63) is 71.2 Å². The van der Waals surface area contributed by atoms with Gasteiger partial charge in [-0.1, -0.05) is 52.8 Å². The molecule has 0 saturated carbocycles. The predicted molar refractivity (Wildman–Crippen MR) is 153 cm³/mol. The van der Waals surface area contributed by atoms with Crippen molar-refractivity contribution < 1.29 is 9.53 Å². The molecule has 1 atom stereocenters. The summed E-state index contributed by atoms with van der Waals surface area (Å²) in [6.07, 6.45) is 6.29. The molecule has 3 aromatic rings. The van der Waals surface area contributed by atoms with Crippen molar-refractivity contribution in [3.63, 3.8) is 0 Å². The van der Waals surface area contributed by atoms with Gasteiger partial charge in [-0.15, -0.1) is 0 Å². The Hall–Kier alpha value is -3.32. The van der Waals surface area contributed by atoms with Crippen LogP contribution in [0.15, 0.2) is 48.8 Å². The summed E-state index contributed by atoms with van der Waals surface area (Å²) in [7, 11) is 0. The second-order valence-electron chi connectivity index (χ2n) is 11.3. The molecule has 1 aliphatic rings. The second kappa shape index (κ2) is 12.5. The van der Waals surface area contributed by atoms with Gasteiger partial charge in [-0.25, -0.2) is 9.97 Å². The third kappa shape index (κ3) is 7.16. The Morgan fingerprint density at radius 3 is 2.61 bits per heavy atom. The van der Waals surface area contributed by atoms with Crippen LogP contribution in [0.5, 0.6) is 0 Å². The summed E-state index contributed by atoms with van der Waals surface area (Å²) in [5.74, 6) is 0.856. The summed E-state index contributed by atoms with van der Waals surface area (Å²) in [5, 5.41) is 3.08. The third-order valence-corrected chi connectivity index (χ3v) is 6.96. The molecule has 1 aliphatic heterocycles. The maximum atomic E-state index is 13.0. The molecule has 0 aliphatic carbocycles. The van der Waals surface area contributed by atoms with Crippen LogP contribution in [0.2, 0.25) is 0 Å². The zero-order valence-electron chi connectivity index (χ0n) is 23.5. The highest BCUT2D eigenvalue weighted by molar-refractivity contribution is 5.95. The fourth-order valence-corrected chi connectivity index (χ4v) is 4.82. The fourth-order valence-electron chi connectivity index (χ4n) is 4.82. The van der Waals surface area contributed by atoms with Crippen molar-refractivity contribution in [1.29, 1.82) is 0 Å². The first kappa shape index (κ1) is 27.7. The van der Waals surface area contributed by atoms with Crippen LogP contribution in [0.4, 0.5) is 5.95 Å². The lowest BCUT2D eigenvalue weighted by molar-refractivity contribution is 0.0949. The van der Waals surface area contributed by atoms with Crippen LogP contribution in [0.3, 0.4) is 0 Å². The summed E-state index contributed by atoms with van der Waals surface area (Å²) in [6.45, 7) is 14.4. The van der Waals surface area contributed by atoms with Crippen LogP contribution in [0.1, 0.15) is 74.1 Å². The minimum absolute atomic E-state index is 0.0539. The first-order valence-electron chi connectivity index (χ1n) is 13.8. The molecule has 1 amide bonds. The Labute approximate surface area is 227 Å². The first-order chi connectivity index (χ1) is 18.2. The number of pyridine rings is 1. The number of nitrogens with one attached hydrogen (secondary N) is 1. The van der Waals surface area contributed by atoms with Crippen molar-refractivity contribution in [2.45, 2.75) is 59.8 Å². The maximum absolute atomic E-state index is 13.0. The third-order valence-electron chi connectivity index (χ3n) is 6.96. The highest BCUT2D eigenvalue weighted by atomic mass is 16.5. The zero-order valence-corrected chi connectivity index (χ0v) is 23.5. The number of hydrogen-bond donors (Lipinski definition) is 1. The van der Waals surface area contributed by atoms with E-state index in [1.165, 1.54) is 5.56 Å². The van der Waals surface area contributed by atoms with Crippen molar-refractivity contribution in [2.24, 2.45) is 5.41 Å². The number of nitrogens with zero attached hydrogens (tertiary/aromatic N) is 4. The largest absolute Gasteiger partial charge is 0.378 e. The van der Waals surface area contributed by atoms with Crippen molar-refractivity contribution >= 4 is 11.9 Å². The topological polar surface area (TPSA) is 80.2 Å². The molecule has 1 saturated heterocycles. The molecule has 4 rings (SSSR count). The van der Waals surface area contributed by atoms with E-state index in [1.54, 1.807) is 6.20 Å². The number of carbonyl (C=O) groups is 1. The normalized spacial score (nSPS) is 14.8. The van der Waals surface area contributed by atoms with Gasteiger partial charge in [0.2, 0.25) is 5.95 Å². The molecule has 1 unspecified atom stereocenters. The maximum Gasteiger partial charge on any atom is 0.251 e. The number of anilines is 1. The highest BCUT2D eigenvalue weighted by Crippen LogP contribution is 2.32. The Kier molecular flexibility index (Phi) is 9.10. The van der Waals surface area contributed by atoms with Gasteiger partial charge in [0.1, 0.15) is 0 Å². The van der Waals surface area contributed by atoms with E-state index in [4.69, 9.17) is 14.7 Å². The zero-order chi connectivity index (χ0) is 27.1. The molecular formula is C31H41N5O2. The van der Waals surface area contributed by atoms with Crippen LogP contribution >= 0.6 is 0 Å². The molecule has 1 aromatic carbocycles. The molecule has 7 nitrogen and oxygen atoms in total. The minimum atomic E-state index is -0.0539. The van der Waals surface area contributed by atoms with E-state index >= 15 is 0 Å². The lowest BCUT2D eigenvalue weighted by atomic mass is 9.91. The summed E-state index contributed by atoms with van der Waals surface area (Å²) in [5.41, 5.74) is 6.04. The van der Waals surface area contributed by atoms with E-state index in [9.17, 15) is 4.79 Å². The molecule has 0 radical (unpaired) electrons. The van der Waals surface area contributed by atoms with E-state index in [0.29, 0.717) is 25.3 Å². The summed E-state index contributed by atoms with van der Waals surface area (Å²) >= 11 is 0. The lowest BCUT2D eigenvalue weighted by Gasteiger charge is -2.29. The number of rotatable bonds is 9. The highest BCUT2D eigenvalue weighted by Gasteiger charge is 2.23. The van der Waals surface area contributed by atoms with Crippen LogP contribution in [-0.2, 0) is 17.6 Å². The average Bonchev–Trinajstić information content (AvgIpc) is 2.92. The summed E-state index contributed by atoms with van der Waals surface area (Å²) < 4.78 is 5.58. The Balaban J connectivity index is 1.71. The Bertz CT molecular complexity index is 1220. The van der Waals surface area contributed by atoms with Gasteiger partial charge < -0.3 is 15.0 Å². The SMILES string of the molecule is CCc1c(-c2cccc(C(=O)NCCC(C)(C)C)c2)nc(N2CCOCC2)nc1C(C)Cc1cccnc1. The molecule has 1 N–H and O–H groups in total. The van der Waals surface area contributed by atoms with E-state index < -0.39 is 0 Å². The van der Waals surface area contributed by atoms with Gasteiger partial charge in [-0.05, 0) is 48.4 Å². The van der Waals surface area contributed by atoms with E-state index in [1.807, 2.05) is 36.5 Å². The molecule has 0 bridgehead atoms. The number of ether oxygens (including phenoxy) is 1. The number of carbonyl (C=O) groups excluding carboxylic acids is 1. The molecule has 7 heteroatoms. The van der Waals surface area contributed by atoms with E-state index in [0.717, 1.165) is 60.8 Å². The van der Waals surface area contributed by atoms with Gasteiger partial charge in [0.15, 0.2) is 0 Å². The molecular weight excluding hydrogens is 474 g/mol. The Morgan fingerprint density at radius 1 is 1.13 bits per heavy atom. The van der Waals surface area contributed by atoms with Crippen molar-refractivity contribution in [3.8, 4) is 11.3 Å². The Morgan fingerprint density at radius 2 is 1.92 bits per heavy atom. The number of aromatic nitrogens is 3. The smallest absolute Gasteiger partial charge is 0.251 e. The minimum Gasteiger partial charge on any atom is -0.378 e. The second-order valence-corrected chi connectivity index (χ2v) is 11.3. The molecule has 1 fully saturated rings. The fraction of sp³-hybridized carbons (Fsp3) is 0.484. The lowest BCUT2D eigenvalue weighted by Crippen LogP contribution is -2.37. The molecule has 2 aromatic heterocycles. The number of benzene rings is 1. The molecule has 0 spiro atoms. The van der Waals surface area contributed by atoms with Crippen LogP contribution < -0.4 is 10.2 Å².